The van der Waals surface area contributed by atoms with Crippen molar-refractivity contribution in [2.24, 2.45) is 5.73 Å². The molecule has 1 heterocycles. The van der Waals surface area contributed by atoms with Crippen molar-refractivity contribution in [2.75, 3.05) is 5.73 Å². The SMILES string of the molecule is NC(=O)NC1NC(=O)NC1=O.Nc1ccc(C(=O)O)cc1. The molecule has 0 bridgehead atoms. The van der Waals surface area contributed by atoms with Crippen molar-refractivity contribution in [3.05, 3.63) is 29.8 Å². The summed E-state index contributed by atoms with van der Waals surface area (Å²) in [6.07, 6.45) is -1.04. The number of carbonyl (C=O) groups excluding carboxylic acids is 3. The number of hydrogen-bond donors (Lipinski definition) is 6. The van der Waals surface area contributed by atoms with Crippen molar-refractivity contribution in [3.63, 3.8) is 0 Å². The van der Waals surface area contributed by atoms with E-state index in [0.717, 1.165) is 0 Å². The predicted molar refractivity (Wildman–Crippen MR) is 71.0 cm³/mol. The fourth-order valence-electron chi connectivity index (χ4n) is 1.29. The van der Waals surface area contributed by atoms with Gasteiger partial charge in [0.1, 0.15) is 0 Å². The van der Waals surface area contributed by atoms with Gasteiger partial charge in [-0.25, -0.2) is 14.4 Å². The molecule has 2 rings (SSSR count). The van der Waals surface area contributed by atoms with Crippen LogP contribution in [0, 0.1) is 0 Å². The van der Waals surface area contributed by atoms with E-state index >= 15 is 0 Å². The van der Waals surface area contributed by atoms with Crippen molar-refractivity contribution in [1.82, 2.24) is 16.0 Å². The third-order valence-corrected chi connectivity index (χ3v) is 2.22. The molecule has 0 saturated carbocycles. The third kappa shape index (κ3) is 5.06. The Morgan fingerprint density at radius 1 is 1.19 bits per heavy atom. The van der Waals surface area contributed by atoms with Crippen LogP contribution < -0.4 is 27.4 Å². The summed E-state index contributed by atoms with van der Waals surface area (Å²) in [4.78, 5) is 41.5. The van der Waals surface area contributed by atoms with Crippen LogP contribution in [-0.2, 0) is 4.79 Å². The Hall–Kier alpha value is -3.30. The highest BCUT2D eigenvalue weighted by atomic mass is 16.4. The van der Waals surface area contributed by atoms with Crippen LogP contribution in [0.4, 0.5) is 15.3 Å². The Morgan fingerprint density at radius 3 is 2.14 bits per heavy atom. The van der Waals surface area contributed by atoms with Gasteiger partial charge in [-0.1, -0.05) is 0 Å². The molecule has 8 N–H and O–H groups in total. The van der Waals surface area contributed by atoms with Crippen molar-refractivity contribution >= 4 is 29.6 Å². The standard InChI is InChI=1S/C7H7NO2.C4H6N4O3/c8-6-3-1-5(2-4-6)7(9)10;5-3(10)6-1-2(9)8-4(11)7-1/h1-4H,8H2,(H,9,10);1H,(H3,5,6,10)(H2,7,8,9,11). The molecule has 10 nitrogen and oxygen atoms in total. The van der Waals surface area contributed by atoms with Crippen LogP contribution in [0.5, 0.6) is 0 Å². The summed E-state index contributed by atoms with van der Waals surface area (Å²) in [6.45, 7) is 0. The number of primary amides is 1. The number of nitrogen functional groups attached to an aromatic ring is 1. The molecule has 21 heavy (non-hydrogen) atoms. The second-order valence-corrected chi connectivity index (χ2v) is 3.83. The van der Waals surface area contributed by atoms with E-state index in [9.17, 15) is 19.2 Å². The van der Waals surface area contributed by atoms with Crippen molar-refractivity contribution in [1.29, 1.82) is 0 Å². The number of anilines is 1. The number of carboxylic acids is 1. The van der Waals surface area contributed by atoms with E-state index in [2.05, 4.69) is 5.32 Å². The fourth-order valence-corrected chi connectivity index (χ4v) is 1.29. The zero-order valence-electron chi connectivity index (χ0n) is 10.6. The van der Waals surface area contributed by atoms with Crippen LogP contribution in [0.2, 0.25) is 0 Å². The fraction of sp³-hybridized carbons (Fsp3) is 0.0909. The van der Waals surface area contributed by atoms with Crippen LogP contribution in [0.3, 0.4) is 0 Å². The van der Waals surface area contributed by atoms with Crippen LogP contribution in [0.15, 0.2) is 24.3 Å². The summed E-state index contributed by atoms with van der Waals surface area (Å²) in [5, 5.41) is 14.5. The first-order chi connectivity index (χ1) is 9.79. The lowest BCUT2D eigenvalue weighted by Crippen LogP contribution is -2.48. The maximum Gasteiger partial charge on any atom is 0.335 e. The summed E-state index contributed by atoms with van der Waals surface area (Å²) < 4.78 is 0. The lowest BCUT2D eigenvalue weighted by Gasteiger charge is -2.05. The van der Waals surface area contributed by atoms with Crippen LogP contribution in [-0.4, -0.2) is 35.2 Å². The lowest BCUT2D eigenvalue weighted by atomic mass is 10.2. The van der Waals surface area contributed by atoms with E-state index in [0.29, 0.717) is 5.69 Å². The van der Waals surface area contributed by atoms with Crippen molar-refractivity contribution in [3.8, 4) is 0 Å². The molecule has 1 atom stereocenters. The highest BCUT2D eigenvalue weighted by Crippen LogP contribution is 2.04. The number of rotatable bonds is 2. The summed E-state index contributed by atoms with van der Waals surface area (Å²) in [7, 11) is 0. The highest BCUT2D eigenvalue weighted by Gasteiger charge is 2.29. The Kier molecular flexibility index (Phi) is 5.06. The number of benzene rings is 1. The van der Waals surface area contributed by atoms with E-state index in [1.807, 2.05) is 10.6 Å². The molecule has 5 amide bonds. The molecule has 1 aliphatic rings. The molecular formula is C11H13N5O5. The second-order valence-electron chi connectivity index (χ2n) is 3.83. The Labute approximate surface area is 118 Å². The summed E-state index contributed by atoms with van der Waals surface area (Å²) in [5.41, 5.74) is 10.9. The first kappa shape index (κ1) is 15.8. The largest absolute Gasteiger partial charge is 0.478 e. The number of aromatic carboxylic acids is 1. The van der Waals surface area contributed by atoms with Gasteiger partial charge in [-0.2, -0.15) is 0 Å². The van der Waals surface area contributed by atoms with Crippen LogP contribution in [0.1, 0.15) is 10.4 Å². The Balaban J connectivity index is 0.000000211. The smallest absolute Gasteiger partial charge is 0.335 e. The molecule has 0 radical (unpaired) electrons. The monoisotopic (exact) mass is 295 g/mol. The molecule has 0 aromatic heterocycles. The third-order valence-electron chi connectivity index (χ3n) is 2.22. The molecule has 112 valence electrons. The maximum atomic E-state index is 10.7. The first-order valence-corrected chi connectivity index (χ1v) is 5.55. The summed E-state index contributed by atoms with van der Waals surface area (Å²) >= 11 is 0. The summed E-state index contributed by atoms with van der Waals surface area (Å²) in [5.74, 6) is -1.55. The van der Waals surface area contributed by atoms with Gasteiger partial charge >= 0.3 is 18.0 Å². The number of nitrogens with one attached hydrogen (secondary N) is 3. The topological polar surface area (TPSA) is 177 Å². The van der Waals surface area contributed by atoms with Gasteiger partial charge in [-0.15, -0.1) is 0 Å². The molecule has 10 heteroatoms. The highest BCUT2D eigenvalue weighted by molar-refractivity contribution is 6.05. The van der Waals surface area contributed by atoms with Crippen molar-refractivity contribution in [2.45, 2.75) is 6.17 Å². The average Bonchev–Trinajstić information content (AvgIpc) is 2.68. The van der Waals surface area contributed by atoms with Gasteiger partial charge in [0.05, 0.1) is 5.56 Å². The average molecular weight is 295 g/mol. The molecular weight excluding hydrogens is 282 g/mol. The molecule has 1 saturated heterocycles. The number of amides is 5. The predicted octanol–water partition coefficient (Wildman–Crippen LogP) is -1.21. The number of nitrogens with two attached hydrogens (primary N) is 2. The molecule has 1 aliphatic heterocycles. The zero-order valence-corrected chi connectivity index (χ0v) is 10.6. The molecule has 1 aromatic rings. The van der Waals surface area contributed by atoms with E-state index in [1.54, 1.807) is 12.1 Å². The van der Waals surface area contributed by atoms with E-state index in [-0.39, 0.29) is 5.56 Å². The van der Waals surface area contributed by atoms with Gasteiger partial charge in [0.2, 0.25) is 0 Å². The molecule has 0 spiro atoms. The minimum absolute atomic E-state index is 0.259. The molecule has 0 aliphatic carbocycles. The molecule has 1 unspecified atom stereocenters. The van der Waals surface area contributed by atoms with Gasteiger partial charge in [-0.3, -0.25) is 10.1 Å². The van der Waals surface area contributed by atoms with Crippen LogP contribution >= 0.6 is 0 Å². The van der Waals surface area contributed by atoms with E-state index in [1.165, 1.54) is 12.1 Å². The maximum absolute atomic E-state index is 10.7. The van der Waals surface area contributed by atoms with Gasteiger partial charge in [0.15, 0.2) is 6.17 Å². The minimum atomic E-state index is -1.04. The zero-order chi connectivity index (χ0) is 16.0. The Morgan fingerprint density at radius 2 is 1.76 bits per heavy atom. The van der Waals surface area contributed by atoms with Gasteiger partial charge in [-0.05, 0) is 24.3 Å². The minimum Gasteiger partial charge on any atom is -0.478 e. The van der Waals surface area contributed by atoms with E-state index in [4.69, 9.17) is 16.6 Å². The first-order valence-electron chi connectivity index (χ1n) is 5.55. The Bertz CT molecular complexity index is 571. The summed E-state index contributed by atoms with van der Waals surface area (Å²) in [6, 6.07) is 4.54. The molecule has 1 fully saturated rings. The van der Waals surface area contributed by atoms with Gasteiger partial charge in [0.25, 0.3) is 5.91 Å². The number of hydrogen-bond acceptors (Lipinski definition) is 5. The number of carbonyl (C=O) groups is 4. The van der Waals surface area contributed by atoms with Gasteiger partial charge < -0.3 is 27.2 Å². The van der Waals surface area contributed by atoms with Crippen LogP contribution in [0.25, 0.3) is 0 Å². The van der Waals surface area contributed by atoms with E-state index < -0.39 is 30.1 Å². The molecule has 1 aromatic carbocycles. The van der Waals surface area contributed by atoms with Gasteiger partial charge in [0, 0.05) is 5.69 Å². The normalized spacial score (nSPS) is 16.1. The quantitative estimate of drug-likeness (QED) is 0.294. The second kappa shape index (κ2) is 6.75. The number of imide groups is 1. The lowest BCUT2D eigenvalue weighted by molar-refractivity contribution is -0.120. The number of carboxylic acid groups (broad SMARTS) is 1. The van der Waals surface area contributed by atoms with Crippen molar-refractivity contribution < 1.29 is 24.3 Å². The number of urea groups is 2.